The summed E-state index contributed by atoms with van der Waals surface area (Å²) in [6, 6.07) is 9.94. The lowest BCUT2D eigenvalue weighted by Crippen LogP contribution is -2.41. The highest BCUT2D eigenvalue weighted by Gasteiger charge is 2.26. The van der Waals surface area contributed by atoms with Gasteiger partial charge in [-0.25, -0.2) is 4.79 Å². The van der Waals surface area contributed by atoms with Crippen molar-refractivity contribution in [2.75, 3.05) is 0 Å². The average Bonchev–Trinajstić information content (AvgIpc) is 2.44. The van der Waals surface area contributed by atoms with Crippen LogP contribution in [0.15, 0.2) is 39.9 Å². The number of rotatable bonds is 4. The summed E-state index contributed by atoms with van der Waals surface area (Å²) in [5.74, 6) is -0.262. The molecule has 1 aromatic heterocycles. The van der Waals surface area contributed by atoms with Crippen molar-refractivity contribution in [3.63, 3.8) is 0 Å². The van der Waals surface area contributed by atoms with Gasteiger partial charge in [0.15, 0.2) is 0 Å². The number of hydrogen-bond acceptors (Lipinski definition) is 3. The second-order valence-electron chi connectivity index (χ2n) is 5.84. The number of nitrogens with one attached hydrogen (secondary N) is 1. The fraction of sp³-hybridized carbons (Fsp3) is 0.375. The summed E-state index contributed by atoms with van der Waals surface area (Å²) >= 11 is 0. The highest BCUT2D eigenvalue weighted by Crippen LogP contribution is 2.25. The van der Waals surface area contributed by atoms with Crippen molar-refractivity contribution in [1.29, 1.82) is 0 Å². The van der Waals surface area contributed by atoms with Gasteiger partial charge in [0, 0.05) is 5.54 Å². The van der Waals surface area contributed by atoms with E-state index in [1.165, 1.54) is 17.1 Å². The number of aromatic hydroxyl groups is 1. The maximum absolute atomic E-state index is 12.0. The molecule has 0 amide bonds. The van der Waals surface area contributed by atoms with Crippen LogP contribution in [0.4, 0.5) is 0 Å². The fourth-order valence-electron chi connectivity index (χ4n) is 2.38. The summed E-state index contributed by atoms with van der Waals surface area (Å²) in [5.41, 5.74) is -0.415. The van der Waals surface area contributed by atoms with Gasteiger partial charge in [-0.3, -0.25) is 14.3 Å². The summed E-state index contributed by atoms with van der Waals surface area (Å²) < 4.78 is 1.26. The standard InChI is InChI=1S/C16H20N2O3/c1-11-13(19)17-15(21)18(14(11)20)16(2,3)10-9-12-7-5-4-6-8-12/h4-8,20H,9-10H2,1-3H3,(H,17,19,21). The normalized spacial score (nSPS) is 11.6. The molecule has 0 unspecified atom stereocenters. The highest BCUT2D eigenvalue weighted by atomic mass is 16.3. The molecule has 2 rings (SSSR count). The Morgan fingerprint density at radius 2 is 1.81 bits per heavy atom. The molecule has 2 N–H and O–H groups in total. The average molecular weight is 288 g/mol. The molecule has 0 aliphatic heterocycles. The van der Waals surface area contributed by atoms with Gasteiger partial charge in [0.2, 0.25) is 5.88 Å². The number of aromatic nitrogens is 2. The molecule has 0 spiro atoms. The second kappa shape index (κ2) is 5.60. The Morgan fingerprint density at radius 1 is 1.19 bits per heavy atom. The van der Waals surface area contributed by atoms with Crippen molar-refractivity contribution in [3.05, 3.63) is 62.3 Å². The van der Waals surface area contributed by atoms with Gasteiger partial charge in [-0.15, -0.1) is 0 Å². The van der Waals surface area contributed by atoms with Gasteiger partial charge >= 0.3 is 5.69 Å². The maximum atomic E-state index is 12.0. The van der Waals surface area contributed by atoms with Gasteiger partial charge in [0.25, 0.3) is 5.56 Å². The number of nitrogens with zero attached hydrogens (tertiary/aromatic N) is 1. The van der Waals surface area contributed by atoms with Crippen LogP contribution >= 0.6 is 0 Å². The van der Waals surface area contributed by atoms with Crippen molar-refractivity contribution >= 4 is 0 Å². The van der Waals surface area contributed by atoms with Gasteiger partial charge in [-0.1, -0.05) is 30.3 Å². The molecular formula is C16H20N2O3. The number of H-pyrrole nitrogens is 1. The van der Waals surface area contributed by atoms with E-state index in [-0.39, 0.29) is 11.4 Å². The number of aromatic amines is 1. The van der Waals surface area contributed by atoms with Crippen LogP contribution in [0.1, 0.15) is 31.4 Å². The number of benzene rings is 1. The third kappa shape index (κ3) is 3.07. The van der Waals surface area contributed by atoms with E-state index >= 15 is 0 Å². The molecule has 0 aliphatic rings. The first-order valence-electron chi connectivity index (χ1n) is 6.92. The molecule has 0 radical (unpaired) electrons. The Hall–Kier alpha value is -2.30. The predicted octanol–water partition coefficient (Wildman–Crippen LogP) is 1.92. The van der Waals surface area contributed by atoms with Gasteiger partial charge < -0.3 is 5.11 Å². The first kappa shape index (κ1) is 15.1. The first-order valence-corrected chi connectivity index (χ1v) is 6.92. The van der Waals surface area contributed by atoms with E-state index < -0.39 is 16.8 Å². The van der Waals surface area contributed by atoms with Crippen molar-refractivity contribution in [3.8, 4) is 5.88 Å². The number of hydrogen-bond donors (Lipinski definition) is 2. The molecular weight excluding hydrogens is 268 g/mol. The second-order valence-corrected chi connectivity index (χ2v) is 5.84. The van der Waals surface area contributed by atoms with Crippen LogP contribution in [0.3, 0.4) is 0 Å². The van der Waals surface area contributed by atoms with Crippen LogP contribution in [0, 0.1) is 6.92 Å². The summed E-state index contributed by atoms with van der Waals surface area (Å²) in [7, 11) is 0. The number of aryl methyl sites for hydroxylation is 1. The molecule has 1 heterocycles. The third-order valence-corrected chi connectivity index (χ3v) is 3.78. The Labute approximate surface area is 122 Å². The largest absolute Gasteiger partial charge is 0.494 e. The third-order valence-electron chi connectivity index (χ3n) is 3.78. The summed E-state index contributed by atoms with van der Waals surface area (Å²) in [6.45, 7) is 5.24. The molecule has 0 atom stereocenters. The molecule has 21 heavy (non-hydrogen) atoms. The van der Waals surface area contributed by atoms with Gasteiger partial charge in [-0.2, -0.15) is 0 Å². The maximum Gasteiger partial charge on any atom is 0.331 e. The lowest BCUT2D eigenvalue weighted by Gasteiger charge is -2.28. The quantitative estimate of drug-likeness (QED) is 0.902. The van der Waals surface area contributed by atoms with Crippen LogP contribution < -0.4 is 11.2 Å². The zero-order valence-corrected chi connectivity index (χ0v) is 12.5. The lowest BCUT2D eigenvalue weighted by atomic mass is 9.94. The van der Waals surface area contributed by atoms with E-state index in [9.17, 15) is 14.7 Å². The van der Waals surface area contributed by atoms with Crippen molar-refractivity contribution in [2.24, 2.45) is 0 Å². The van der Waals surface area contributed by atoms with Crippen LogP contribution in [-0.4, -0.2) is 14.7 Å². The van der Waals surface area contributed by atoms with Gasteiger partial charge in [-0.05, 0) is 39.2 Å². The smallest absolute Gasteiger partial charge is 0.331 e. The molecule has 112 valence electrons. The molecule has 2 aromatic rings. The Bertz CT molecular complexity index is 742. The fourth-order valence-corrected chi connectivity index (χ4v) is 2.38. The predicted molar refractivity (Wildman–Crippen MR) is 81.8 cm³/mol. The zero-order chi connectivity index (χ0) is 15.6. The first-order chi connectivity index (χ1) is 9.83. The summed E-state index contributed by atoms with van der Waals surface area (Å²) in [6.07, 6.45) is 1.44. The van der Waals surface area contributed by atoms with Crippen LogP contribution in [0.25, 0.3) is 0 Å². The lowest BCUT2D eigenvalue weighted by molar-refractivity contribution is 0.265. The van der Waals surface area contributed by atoms with Crippen LogP contribution in [-0.2, 0) is 12.0 Å². The minimum Gasteiger partial charge on any atom is -0.494 e. The van der Waals surface area contributed by atoms with Crippen molar-refractivity contribution in [1.82, 2.24) is 9.55 Å². The SMILES string of the molecule is Cc1c(O)n(C(C)(C)CCc2ccccc2)c(=O)[nH]c1=O. The van der Waals surface area contributed by atoms with E-state index in [0.29, 0.717) is 6.42 Å². The van der Waals surface area contributed by atoms with Gasteiger partial charge in [0.1, 0.15) is 0 Å². The van der Waals surface area contributed by atoms with E-state index in [4.69, 9.17) is 0 Å². The highest BCUT2D eigenvalue weighted by molar-refractivity contribution is 5.22. The summed E-state index contributed by atoms with van der Waals surface area (Å²) in [4.78, 5) is 25.8. The zero-order valence-electron chi connectivity index (χ0n) is 12.5. The van der Waals surface area contributed by atoms with Crippen molar-refractivity contribution < 1.29 is 5.11 Å². The van der Waals surface area contributed by atoms with Crippen LogP contribution in [0.2, 0.25) is 0 Å². The Kier molecular flexibility index (Phi) is 4.02. The van der Waals surface area contributed by atoms with E-state index in [1.54, 1.807) is 0 Å². The monoisotopic (exact) mass is 288 g/mol. The molecule has 5 heteroatoms. The van der Waals surface area contributed by atoms with E-state index in [1.807, 2.05) is 44.2 Å². The van der Waals surface area contributed by atoms with E-state index in [2.05, 4.69) is 4.98 Å². The van der Waals surface area contributed by atoms with Crippen molar-refractivity contribution in [2.45, 2.75) is 39.2 Å². The molecule has 5 nitrogen and oxygen atoms in total. The van der Waals surface area contributed by atoms with E-state index in [0.717, 1.165) is 6.42 Å². The topological polar surface area (TPSA) is 75.1 Å². The van der Waals surface area contributed by atoms with Gasteiger partial charge in [0.05, 0.1) is 5.56 Å². The molecule has 0 bridgehead atoms. The minimum atomic E-state index is -0.605. The Balaban J connectivity index is 2.34. The Morgan fingerprint density at radius 3 is 2.43 bits per heavy atom. The minimum absolute atomic E-state index is 0.155. The molecule has 0 saturated heterocycles. The summed E-state index contributed by atoms with van der Waals surface area (Å²) in [5, 5.41) is 10.1. The molecule has 0 fully saturated rings. The molecule has 1 aromatic carbocycles. The molecule has 0 saturated carbocycles. The molecule has 0 aliphatic carbocycles. The van der Waals surface area contributed by atoms with Crippen LogP contribution in [0.5, 0.6) is 5.88 Å².